The van der Waals surface area contributed by atoms with Crippen LogP contribution in [0.1, 0.15) is 17.8 Å². The minimum absolute atomic E-state index is 0.0838. The first-order valence-electron chi connectivity index (χ1n) is 6.46. The van der Waals surface area contributed by atoms with Gasteiger partial charge in [0.1, 0.15) is 10.8 Å². The molecule has 0 aliphatic carbocycles. The molecule has 0 saturated carbocycles. The van der Waals surface area contributed by atoms with Crippen LogP contribution in [0.5, 0.6) is 0 Å². The highest BCUT2D eigenvalue weighted by molar-refractivity contribution is 7.89. The number of thiazole rings is 1. The molecule has 2 N–H and O–H groups in total. The van der Waals surface area contributed by atoms with E-state index in [1.807, 2.05) is 31.2 Å². The van der Waals surface area contributed by atoms with Gasteiger partial charge in [-0.15, -0.1) is 11.3 Å². The number of fused-ring (bicyclic) bond motifs is 1. The predicted octanol–water partition coefficient (Wildman–Crippen LogP) is 2.06. The number of sulfonamides is 1. The average molecular weight is 322 g/mol. The van der Waals surface area contributed by atoms with Crippen LogP contribution in [0.2, 0.25) is 0 Å². The van der Waals surface area contributed by atoms with Crippen molar-refractivity contribution in [2.75, 3.05) is 0 Å². The molecule has 21 heavy (non-hydrogen) atoms. The molecule has 8 heteroatoms. The lowest BCUT2D eigenvalue weighted by Crippen LogP contribution is -2.23. The van der Waals surface area contributed by atoms with Crippen LogP contribution in [-0.2, 0) is 23.0 Å². The van der Waals surface area contributed by atoms with Crippen LogP contribution in [-0.4, -0.2) is 23.4 Å². The SMILES string of the molecule is CCc1ncc(S(=O)(=O)NCc2nc3ccccc3s2)[nH]1. The Hall–Kier alpha value is -1.77. The molecule has 3 rings (SSSR count). The van der Waals surface area contributed by atoms with Gasteiger partial charge >= 0.3 is 0 Å². The van der Waals surface area contributed by atoms with Gasteiger partial charge in [-0.25, -0.2) is 23.1 Å². The zero-order valence-corrected chi connectivity index (χ0v) is 13.0. The van der Waals surface area contributed by atoms with Crippen molar-refractivity contribution in [1.29, 1.82) is 0 Å². The zero-order valence-electron chi connectivity index (χ0n) is 11.3. The van der Waals surface area contributed by atoms with Crippen LogP contribution in [0, 0.1) is 0 Å². The average Bonchev–Trinajstić information content (AvgIpc) is 3.11. The lowest BCUT2D eigenvalue weighted by atomic mass is 10.3. The molecule has 0 bridgehead atoms. The summed E-state index contributed by atoms with van der Waals surface area (Å²) in [6.07, 6.45) is 1.99. The lowest BCUT2D eigenvalue weighted by molar-refractivity contribution is 0.577. The number of H-pyrrole nitrogens is 1. The Kier molecular flexibility index (Phi) is 3.75. The predicted molar refractivity (Wildman–Crippen MR) is 81.6 cm³/mol. The fraction of sp³-hybridized carbons (Fsp3) is 0.231. The number of imidazole rings is 1. The van der Waals surface area contributed by atoms with Gasteiger partial charge in [-0.2, -0.15) is 0 Å². The molecule has 0 atom stereocenters. The van der Waals surface area contributed by atoms with Gasteiger partial charge in [-0.05, 0) is 12.1 Å². The van der Waals surface area contributed by atoms with E-state index >= 15 is 0 Å². The highest BCUT2D eigenvalue weighted by atomic mass is 32.2. The maximum absolute atomic E-state index is 12.1. The number of aromatic nitrogens is 3. The molecule has 2 aromatic heterocycles. The number of hydrogen-bond acceptors (Lipinski definition) is 5. The van der Waals surface area contributed by atoms with Crippen LogP contribution in [0.15, 0.2) is 35.5 Å². The van der Waals surface area contributed by atoms with E-state index in [0.717, 1.165) is 15.2 Å². The van der Waals surface area contributed by atoms with E-state index in [4.69, 9.17) is 0 Å². The molecular formula is C13H14N4O2S2. The first kappa shape index (κ1) is 14.2. The van der Waals surface area contributed by atoms with E-state index in [2.05, 4.69) is 19.7 Å². The van der Waals surface area contributed by atoms with Crippen molar-refractivity contribution in [2.45, 2.75) is 24.9 Å². The first-order chi connectivity index (χ1) is 10.1. The lowest BCUT2D eigenvalue weighted by Gasteiger charge is -2.01. The number of rotatable bonds is 5. The van der Waals surface area contributed by atoms with Crippen molar-refractivity contribution in [3.8, 4) is 0 Å². The molecule has 0 amide bonds. The topological polar surface area (TPSA) is 87.7 Å². The van der Waals surface area contributed by atoms with Crippen molar-refractivity contribution in [1.82, 2.24) is 19.7 Å². The second-order valence-electron chi connectivity index (χ2n) is 4.45. The molecule has 1 aromatic carbocycles. The number of nitrogens with one attached hydrogen (secondary N) is 2. The van der Waals surface area contributed by atoms with E-state index in [0.29, 0.717) is 12.2 Å². The van der Waals surface area contributed by atoms with Gasteiger partial charge in [0.05, 0.1) is 23.0 Å². The summed E-state index contributed by atoms with van der Waals surface area (Å²) in [5, 5.41) is 0.815. The Morgan fingerprint density at radius 3 is 2.86 bits per heavy atom. The quantitative estimate of drug-likeness (QED) is 0.752. The van der Waals surface area contributed by atoms with Crippen LogP contribution < -0.4 is 4.72 Å². The Balaban J connectivity index is 1.76. The standard InChI is InChI=1S/C13H14N4O2S2/c1-2-11-14-8-13(17-11)21(18,19)15-7-12-16-9-5-3-4-6-10(9)20-12/h3-6,8,15H,2,7H2,1H3,(H,14,17). The third-order valence-corrected chi connectivity index (χ3v) is 5.33. The molecule has 0 fully saturated rings. The summed E-state index contributed by atoms with van der Waals surface area (Å²) in [7, 11) is -3.59. The van der Waals surface area contributed by atoms with Crippen molar-refractivity contribution in [3.05, 3.63) is 41.3 Å². The molecule has 0 aliphatic heterocycles. The molecule has 0 unspecified atom stereocenters. The molecule has 0 saturated heterocycles. The zero-order chi connectivity index (χ0) is 14.9. The molecule has 6 nitrogen and oxygen atoms in total. The van der Waals surface area contributed by atoms with E-state index < -0.39 is 10.0 Å². The molecule has 110 valence electrons. The molecule has 2 heterocycles. The van der Waals surface area contributed by atoms with Crippen molar-refractivity contribution < 1.29 is 8.42 Å². The van der Waals surface area contributed by atoms with Crippen molar-refractivity contribution in [2.24, 2.45) is 0 Å². The summed E-state index contributed by atoms with van der Waals surface area (Å²) in [4.78, 5) is 11.2. The molecule has 0 radical (unpaired) electrons. The van der Waals surface area contributed by atoms with Gasteiger partial charge in [0.2, 0.25) is 0 Å². The fourth-order valence-corrected chi connectivity index (χ4v) is 3.81. The van der Waals surface area contributed by atoms with Crippen LogP contribution in [0.25, 0.3) is 10.2 Å². The highest BCUT2D eigenvalue weighted by Gasteiger charge is 2.17. The molecular weight excluding hydrogens is 308 g/mol. The normalized spacial score (nSPS) is 12.0. The fourth-order valence-electron chi connectivity index (χ4n) is 1.89. The van der Waals surface area contributed by atoms with E-state index in [9.17, 15) is 8.42 Å². The summed E-state index contributed by atoms with van der Waals surface area (Å²) >= 11 is 1.48. The van der Waals surface area contributed by atoms with Crippen LogP contribution in [0.3, 0.4) is 0 Å². The number of hydrogen-bond donors (Lipinski definition) is 2. The van der Waals surface area contributed by atoms with Crippen LogP contribution in [0.4, 0.5) is 0 Å². The highest BCUT2D eigenvalue weighted by Crippen LogP contribution is 2.21. The van der Waals surface area contributed by atoms with E-state index in [1.165, 1.54) is 17.5 Å². The minimum atomic E-state index is -3.59. The monoisotopic (exact) mass is 322 g/mol. The Labute approximate surface area is 126 Å². The summed E-state index contributed by atoms with van der Waals surface area (Å²) in [6.45, 7) is 2.08. The summed E-state index contributed by atoms with van der Waals surface area (Å²) in [5.74, 6) is 0.648. The maximum Gasteiger partial charge on any atom is 0.258 e. The Bertz CT molecular complexity index is 834. The third-order valence-electron chi connectivity index (χ3n) is 2.98. The van der Waals surface area contributed by atoms with Gasteiger partial charge in [0.25, 0.3) is 10.0 Å². The van der Waals surface area contributed by atoms with Gasteiger partial charge in [-0.1, -0.05) is 19.1 Å². The van der Waals surface area contributed by atoms with Crippen LogP contribution >= 0.6 is 11.3 Å². The first-order valence-corrected chi connectivity index (χ1v) is 8.76. The number of aromatic amines is 1. The van der Waals surface area contributed by atoms with Gasteiger partial charge < -0.3 is 4.98 Å². The number of benzene rings is 1. The third kappa shape index (κ3) is 2.97. The number of nitrogens with zero attached hydrogens (tertiary/aromatic N) is 2. The minimum Gasteiger partial charge on any atom is -0.332 e. The van der Waals surface area contributed by atoms with Crippen molar-refractivity contribution >= 4 is 31.6 Å². The Morgan fingerprint density at radius 1 is 1.33 bits per heavy atom. The summed E-state index contributed by atoms with van der Waals surface area (Å²) < 4.78 is 27.9. The van der Waals surface area contributed by atoms with Gasteiger partial charge in [0, 0.05) is 6.42 Å². The molecule has 0 spiro atoms. The largest absolute Gasteiger partial charge is 0.332 e. The Morgan fingerprint density at radius 2 is 2.14 bits per heavy atom. The van der Waals surface area contributed by atoms with Gasteiger partial charge in [-0.3, -0.25) is 0 Å². The van der Waals surface area contributed by atoms with Crippen molar-refractivity contribution in [3.63, 3.8) is 0 Å². The maximum atomic E-state index is 12.1. The molecule has 0 aliphatic rings. The second-order valence-corrected chi connectivity index (χ2v) is 7.30. The summed E-state index contributed by atoms with van der Waals surface area (Å²) in [5.41, 5.74) is 0.881. The molecule has 3 aromatic rings. The smallest absolute Gasteiger partial charge is 0.258 e. The van der Waals surface area contributed by atoms with E-state index in [-0.39, 0.29) is 11.6 Å². The number of aryl methyl sites for hydroxylation is 1. The van der Waals surface area contributed by atoms with Gasteiger partial charge in [0.15, 0.2) is 5.03 Å². The number of para-hydroxylation sites is 1. The second kappa shape index (κ2) is 5.55. The summed E-state index contributed by atoms with van der Waals surface area (Å²) in [6, 6.07) is 7.72. The van der Waals surface area contributed by atoms with E-state index in [1.54, 1.807) is 0 Å².